The zero-order valence-electron chi connectivity index (χ0n) is 25.2. The Labute approximate surface area is 277 Å². The minimum Gasteiger partial charge on any atom is -0.449 e. The molecular formula is C31H30BrF9N4O3. The van der Waals surface area contributed by atoms with E-state index in [1.807, 2.05) is 0 Å². The summed E-state index contributed by atoms with van der Waals surface area (Å²) >= 11 is 3.17. The highest BCUT2D eigenvalue weighted by molar-refractivity contribution is 9.10. The van der Waals surface area contributed by atoms with E-state index >= 15 is 0 Å². The fraction of sp³-hybridized carbons (Fsp3) is 0.452. The van der Waals surface area contributed by atoms with Gasteiger partial charge in [0, 0.05) is 25.3 Å². The number of unbranched alkanes of at least 4 members (excludes halogenated alkanes) is 2. The van der Waals surface area contributed by atoms with E-state index in [1.54, 1.807) is 6.92 Å². The molecule has 0 saturated carbocycles. The molecule has 2 aromatic carbocycles. The number of hydrogen-bond acceptors (Lipinski definition) is 6. The first-order chi connectivity index (χ1) is 22.4. The summed E-state index contributed by atoms with van der Waals surface area (Å²) in [6, 6.07) is 2.65. The number of nitrogens with zero attached hydrogens (tertiary/aromatic N) is 3. The third-order valence-electron chi connectivity index (χ3n) is 7.70. The molecule has 4 rings (SSSR count). The van der Waals surface area contributed by atoms with Crippen LogP contribution in [-0.2, 0) is 29.7 Å². The Morgan fingerprint density at radius 3 is 2.19 bits per heavy atom. The molecule has 0 aliphatic carbocycles. The van der Waals surface area contributed by atoms with Crippen molar-refractivity contribution in [1.82, 2.24) is 9.97 Å². The molecule has 2 atom stereocenters. The van der Waals surface area contributed by atoms with Crippen LogP contribution in [0.4, 0.5) is 55.9 Å². The van der Waals surface area contributed by atoms with Gasteiger partial charge in [-0.1, -0.05) is 6.92 Å². The highest BCUT2D eigenvalue weighted by atomic mass is 79.9. The van der Waals surface area contributed by atoms with Gasteiger partial charge in [-0.3, -0.25) is 4.90 Å². The van der Waals surface area contributed by atoms with E-state index in [4.69, 9.17) is 9.84 Å². The van der Waals surface area contributed by atoms with Gasteiger partial charge in [-0.15, -0.1) is 0 Å². The molecule has 262 valence electrons. The molecule has 2 heterocycles. The van der Waals surface area contributed by atoms with E-state index in [9.17, 15) is 44.3 Å². The van der Waals surface area contributed by atoms with Gasteiger partial charge < -0.3 is 15.2 Å². The maximum Gasteiger partial charge on any atom is 0.416 e. The topological polar surface area (TPSA) is 87.6 Å². The number of aromatic nitrogens is 2. The molecule has 0 fully saturated rings. The van der Waals surface area contributed by atoms with Gasteiger partial charge in [0.15, 0.2) is 0 Å². The number of nitrogens with one attached hydrogen (secondary N) is 1. The van der Waals surface area contributed by atoms with Crippen LogP contribution in [0.5, 0.6) is 0 Å². The van der Waals surface area contributed by atoms with E-state index in [-0.39, 0.29) is 58.6 Å². The molecule has 1 aliphatic heterocycles. The summed E-state index contributed by atoms with van der Waals surface area (Å²) in [7, 11) is 0. The van der Waals surface area contributed by atoms with Crippen molar-refractivity contribution in [2.45, 2.75) is 76.1 Å². The molecule has 0 unspecified atom stereocenters. The zero-order chi connectivity index (χ0) is 35.4. The van der Waals surface area contributed by atoms with E-state index in [0.29, 0.717) is 37.8 Å². The van der Waals surface area contributed by atoms with Crippen molar-refractivity contribution in [2.75, 3.05) is 23.4 Å². The van der Waals surface area contributed by atoms with Gasteiger partial charge in [-0.2, -0.15) is 39.5 Å². The summed E-state index contributed by atoms with van der Waals surface area (Å²) in [4.78, 5) is 22.9. The second-order valence-corrected chi connectivity index (χ2v) is 12.0. The first-order valence-electron chi connectivity index (χ1n) is 14.8. The number of halogens is 10. The molecular weight excluding hydrogens is 727 g/mol. The van der Waals surface area contributed by atoms with Gasteiger partial charge in [0.05, 0.1) is 45.2 Å². The van der Waals surface area contributed by atoms with Crippen molar-refractivity contribution < 1.29 is 54.2 Å². The van der Waals surface area contributed by atoms with Crippen LogP contribution in [0.25, 0.3) is 0 Å². The van der Waals surface area contributed by atoms with Crippen molar-refractivity contribution >= 4 is 33.7 Å². The maximum absolute atomic E-state index is 13.8. The molecule has 3 aromatic rings. The lowest BCUT2D eigenvalue weighted by Gasteiger charge is -2.40. The number of anilines is 2. The van der Waals surface area contributed by atoms with Crippen LogP contribution in [0, 0.1) is 0 Å². The Morgan fingerprint density at radius 1 is 0.958 bits per heavy atom. The number of carbonyl (C=O) groups is 1. The SMILES string of the molecule is CC[C@@H]1C[C@H](Nc2ncc(Br)c(Cc3cc(C(F)(F)F)cc(C(F)(F)F)c3)n2)c2cc(C(F)(F)F)ccc2N1C(=O)OCCCCCO. The van der Waals surface area contributed by atoms with E-state index < -0.39 is 59.8 Å². The number of rotatable bonds is 10. The Hall–Kier alpha value is -3.60. The van der Waals surface area contributed by atoms with E-state index in [1.165, 1.54) is 17.2 Å². The summed E-state index contributed by atoms with van der Waals surface area (Å²) in [5.74, 6) is -0.153. The number of benzene rings is 2. The smallest absolute Gasteiger partial charge is 0.416 e. The number of hydrogen-bond donors (Lipinski definition) is 2. The molecule has 0 saturated heterocycles. The van der Waals surface area contributed by atoms with Crippen molar-refractivity contribution in [2.24, 2.45) is 0 Å². The highest BCUT2D eigenvalue weighted by Crippen LogP contribution is 2.43. The second-order valence-electron chi connectivity index (χ2n) is 11.1. The summed E-state index contributed by atoms with van der Waals surface area (Å²) < 4.78 is 127. The normalized spacial score (nSPS) is 16.9. The third kappa shape index (κ3) is 9.09. The largest absolute Gasteiger partial charge is 0.449 e. The summed E-state index contributed by atoms with van der Waals surface area (Å²) in [6.45, 7) is 1.79. The fourth-order valence-corrected chi connectivity index (χ4v) is 5.68. The molecule has 0 radical (unpaired) electrons. The number of aliphatic hydroxyl groups is 1. The molecule has 0 bridgehead atoms. The Balaban J connectivity index is 1.68. The van der Waals surface area contributed by atoms with Gasteiger partial charge >= 0.3 is 24.6 Å². The van der Waals surface area contributed by atoms with Crippen LogP contribution in [0.15, 0.2) is 47.1 Å². The number of alkyl halides is 9. The third-order valence-corrected chi connectivity index (χ3v) is 8.36. The average molecular weight is 757 g/mol. The first-order valence-corrected chi connectivity index (χ1v) is 15.6. The van der Waals surface area contributed by atoms with Crippen LogP contribution in [0.3, 0.4) is 0 Å². The first kappa shape index (κ1) is 37.2. The van der Waals surface area contributed by atoms with Gasteiger partial charge in [0.25, 0.3) is 0 Å². The molecule has 17 heteroatoms. The summed E-state index contributed by atoms with van der Waals surface area (Å²) in [6.07, 6.45) is -12.8. The number of fused-ring (bicyclic) bond motifs is 1. The lowest BCUT2D eigenvalue weighted by molar-refractivity contribution is -0.143. The molecule has 1 aliphatic rings. The Kier molecular flexibility index (Phi) is 11.5. The number of aliphatic hydroxyl groups excluding tert-OH is 1. The highest BCUT2D eigenvalue weighted by Gasteiger charge is 2.40. The number of amides is 1. The zero-order valence-corrected chi connectivity index (χ0v) is 26.8. The summed E-state index contributed by atoms with van der Waals surface area (Å²) in [5, 5.41) is 11.9. The van der Waals surface area contributed by atoms with Crippen molar-refractivity contribution in [1.29, 1.82) is 0 Å². The molecule has 2 N–H and O–H groups in total. The van der Waals surface area contributed by atoms with Crippen LogP contribution >= 0.6 is 15.9 Å². The lowest BCUT2D eigenvalue weighted by Crippen LogP contribution is -2.46. The van der Waals surface area contributed by atoms with Crippen LogP contribution in [0.1, 0.15) is 78.6 Å². The lowest BCUT2D eigenvalue weighted by atomic mass is 9.89. The maximum atomic E-state index is 13.8. The van der Waals surface area contributed by atoms with E-state index in [2.05, 4.69) is 31.2 Å². The number of carbonyl (C=O) groups excluding carboxylic acids is 1. The standard InChI is InChI=1S/C31H30BrF9N4O3/c1-2-21-15-24(22-14-18(29(33,34)35)6-7-26(22)45(21)28(47)48-9-5-3-4-8-46)43-27-42-16-23(32)25(44-27)12-17-10-19(30(36,37)38)13-20(11-17)31(39,40)41/h6-7,10-11,13-14,16,21,24,46H,2-5,8-9,12,15H2,1H3,(H,42,43,44)/t21-,24+/m1/s1. The van der Waals surface area contributed by atoms with Crippen LogP contribution in [-0.4, -0.2) is 40.4 Å². The molecule has 1 aromatic heterocycles. The van der Waals surface area contributed by atoms with Gasteiger partial charge in [-0.05, 0) is 95.6 Å². The predicted molar refractivity (Wildman–Crippen MR) is 160 cm³/mol. The molecule has 48 heavy (non-hydrogen) atoms. The van der Waals surface area contributed by atoms with Gasteiger partial charge in [0.2, 0.25) is 5.95 Å². The Morgan fingerprint density at radius 2 is 1.60 bits per heavy atom. The van der Waals surface area contributed by atoms with Crippen LogP contribution < -0.4 is 10.2 Å². The van der Waals surface area contributed by atoms with Gasteiger partial charge in [-0.25, -0.2) is 14.8 Å². The molecule has 0 spiro atoms. The number of ether oxygens (including phenoxy) is 1. The van der Waals surface area contributed by atoms with Crippen molar-refractivity contribution in [3.8, 4) is 0 Å². The predicted octanol–water partition coefficient (Wildman–Crippen LogP) is 9.33. The minimum atomic E-state index is -5.05. The average Bonchev–Trinajstić information content (AvgIpc) is 3.00. The fourth-order valence-electron chi connectivity index (χ4n) is 5.35. The van der Waals surface area contributed by atoms with Crippen molar-refractivity contribution in [3.63, 3.8) is 0 Å². The Bertz CT molecular complexity index is 1570. The van der Waals surface area contributed by atoms with E-state index in [0.717, 1.165) is 12.1 Å². The second kappa shape index (κ2) is 14.9. The summed E-state index contributed by atoms with van der Waals surface area (Å²) in [5.41, 5.74) is -4.06. The monoisotopic (exact) mass is 756 g/mol. The van der Waals surface area contributed by atoms with Crippen LogP contribution in [0.2, 0.25) is 0 Å². The quantitative estimate of drug-likeness (QED) is 0.158. The van der Waals surface area contributed by atoms with Crippen molar-refractivity contribution in [3.05, 3.63) is 80.6 Å². The molecule has 1 amide bonds. The van der Waals surface area contributed by atoms with Gasteiger partial charge in [0.1, 0.15) is 0 Å². The molecule has 7 nitrogen and oxygen atoms in total. The minimum absolute atomic E-state index is 0.0125.